The molecule has 2 atom stereocenters. The van der Waals surface area contributed by atoms with Gasteiger partial charge in [0.15, 0.2) is 6.10 Å². The summed E-state index contributed by atoms with van der Waals surface area (Å²) in [5.41, 5.74) is 1.62. The van der Waals surface area contributed by atoms with Crippen LogP contribution >= 0.6 is 15.9 Å². The van der Waals surface area contributed by atoms with Gasteiger partial charge in [0.2, 0.25) is 5.91 Å². The fourth-order valence-electron chi connectivity index (χ4n) is 2.53. The third-order valence-corrected chi connectivity index (χ3v) is 4.35. The van der Waals surface area contributed by atoms with E-state index in [9.17, 15) is 9.59 Å². The van der Waals surface area contributed by atoms with E-state index in [0.29, 0.717) is 11.4 Å². The van der Waals surface area contributed by atoms with Gasteiger partial charge in [-0.2, -0.15) is 0 Å². The van der Waals surface area contributed by atoms with Crippen molar-refractivity contribution in [2.45, 2.75) is 25.5 Å². The maximum Gasteiger partial charge on any atom is 0.266 e. The summed E-state index contributed by atoms with van der Waals surface area (Å²) < 4.78 is 6.62. The molecule has 0 saturated carbocycles. The minimum Gasteiger partial charge on any atom is -0.478 e. The van der Waals surface area contributed by atoms with E-state index in [1.54, 1.807) is 12.1 Å². The van der Waals surface area contributed by atoms with Crippen LogP contribution in [0.1, 0.15) is 24.9 Å². The highest BCUT2D eigenvalue weighted by Crippen LogP contribution is 2.29. The van der Waals surface area contributed by atoms with Crippen molar-refractivity contribution in [2.24, 2.45) is 0 Å². The molecule has 1 heterocycles. The number of rotatable bonds is 4. The fraction of sp³-hybridized carbons (Fsp3) is 0.222. The summed E-state index contributed by atoms with van der Waals surface area (Å²) in [5, 5.41) is 5.65. The Morgan fingerprint density at radius 1 is 1.25 bits per heavy atom. The van der Waals surface area contributed by atoms with Gasteiger partial charge in [-0.3, -0.25) is 9.59 Å². The van der Waals surface area contributed by atoms with Crippen LogP contribution in [-0.2, 0) is 9.59 Å². The fourth-order valence-corrected chi connectivity index (χ4v) is 2.79. The molecule has 2 amide bonds. The molecule has 24 heavy (non-hydrogen) atoms. The van der Waals surface area contributed by atoms with E-state index in [2.05, 4.69) is 26.6 Å². The number of benzene rings is 2. The lowest BCUT2D eigenvalue weighted by molar-refractivity contribution is -0.130. The second-order valence-corrected chi connectivity index (χ2v) is 6.55. The molecule has 0 aromatic heterocycles. The highest BCUT2D eigenvalue weighted by atomic mass is 79.9. The van der Waals surface area contributed by atoms with Gasteiger partial charge in [0, 0.05) is 4.47 Å². The summed E-state index contributed by atoms with van der Waals surface area (Å²) in [6.45, 7) is 1.90. The maximum atomic E-state index is 12.2. The van der Waals surface area contributed by atoms with Gasteiger partial charge < -0.3 is 15.4 Å². The zero-order chi connectivity index (χ0) is 17.1. The first-order valence-electron chi connectivity index (χ1n) is 7.64. The Labute approximate surface area is 148 Å². The largest absolute Gasteiger partial charge is 0.478 e. The van der Waals surface area contributed by atoms with Crippen LogP contribution in [0.15, 0.2) is 53.0 Å². The third-order valence-electron chi connectivity index (χ3n) is 3.82. The molecule has 2 aromatic rings. The first kappa shape index (κ1) is 16.5. The Bertz CT molecular complexity index is 761. The first-order valence-corrected chi connectivity index (χ1v) is 8.43. The number of halogens is 1. The predicted molar refractivity (Wildman–Crippen MR) is 94.8 cm³/mol. The molecule has 3 rings (SSSR count). The SMILES string of the molecule is C[C@H](NC(=O)C[C@@H]1Oc2ccccc2NC1=O)c1ccc(Br)cc1. The Morgan fingerprint density at radius 2 is 1.96 bits per heavy atom. The minimum atomic E-state index is -0.822. The van der Waals surface area contributed by atoms with Crippen molar-refractivity contribution < 1.29 is 14.3 Å². The summed E-state index contributed by atoms with van der Waals surface area (Å²) in [4.78, 5) is 24.3. The topological polar surface area (TPSA) is 67.4 Å². The van der Waals surface area contributed by atoms with E-state index in [0.717, 1.165) is 10.0 Å². The van der Waals surface area contributed by atoms with Crippen LogP contribution in [-0.4, -0.2) is 17.9 Å². The molecule has 1 aliphatic heterocycles. The van der Waals surface area contributed by atoms with Crippen molar-refractivity contribution >= 4 is 33.4 Å². The molecule has 0 bridgehead atoms. The Morgan fingerprint density at radius 3 is 2.71 bits per heavy atom. The number of hydrogen-bond acceptors (Lipinski definition) is 3. The van der Waals surface area contributed by atoms with Crippen LogP contribution in [0.3, 0.4) is 0 Å². The van der Waals surface area contributed by atoms with Gasteiger partial charge in [0.25, 0.3) is 5.91 Å². The summed E-state index contributed by atoms with van der Waals surface area (Å²) >= 11 is 3.38. The van der Waals surface area contributed by atoms with Crippen LogP contribution in [0.2, 0.25) is 0 Å². The van der Waals surface area contributed by atoms with Crippen molar-refractivity contribution in [2.75, 3.05) is 5.32 Å². The zero-order valence-electron chi connectivity index (χ0n) is 13.1. The average Bonchev–Trinajstić information content (AvgIpc) is 2.56. The highest BCUT2D eigenvalue weighted by molar-refractivity contribution is 9.10. The van der Waals surface area contributed by atoms with Crippen molar-refractivity contribution in [3.8, 4) is 5.75 Å². The van der Waals surface area contributed by atoms with Gasteiger partial charge in [0.05, 0.1) is 18.2 Å². The number of fused-ring (bicyclic) bond motifs is 1. The molecule has 124 valence electrons. The van der Waals surface area contributed by atoms with Crippen LogP contribution < -0.4 is 15.4 Å². The number of amides is 2. The van der Waals surface area contributed by atoms with Gasteiger partial charge in [-0.25, -0.2) is 0 Å². The summed E-state index contributed by atoms with van der Waals surface area (Å²) in [6, 6.07) is 14.7. The molecule has 0 radical (unpaired) electrons. The van der Waals surface area contributed by atoms with Crippen molar-refractivity contribution in [3.63, 3.8) is 0 Å². The Balaban J connectivity index is 1.61. The maximum absolute atomic E-state index is 12.2. The van der Waals surface area contributed by atoms with Crippen LogP contribution in [0.4, 0.5) is 5.69 Å². The van der Waals surface area contributed by atoms with Gasteiger partial charge in [-0.05, 0) is 36.8 Å². The number of nitrogens with one attached hydrogen (secondary N) is 2. The average molecular weight is 389 g/mol. The molecule has 0 fully saturated rings. The molecule has 0 aliphatic carbocycles. The molecule has 1 aliphatic rings. The van der Waals surface area contributed by atoms with Gasteiger partial charge in [-0.15, -0.1) is 0 Å². The number of carbonyl (C=O) groups is 2. The van der Waals surface area contributed by atoms with Gasteiger partial charge >= 0.3 is 0 Å². The van der Waals surface area contributed by atoms with Crippen LogP contribution in [0.5, 0.6) is 5.75 Å². The molecule has 0 spiro atoms. The number of anilines is 1. The second-order valence-electron chi connectivity index (χ2n) is 5.64. The van der Waals surface area contributed by atoms with E-state index in [-0.39, 0.29) is 24.3 Å². The molecule has 0 unspecified atom stereocenters. The Kier molecular flexibility index (Phi) is 4.85. The lowest BCUT2D eigenvalue weighted by Crippen LogP contribution is -2.41. The monoisotopic (exact) mass is 388 g/mol. The Hall–Kier alpha value is -2.34. The van der Waals surface area contributed by atoms with E-state index < -0.39 is 6.10 Å². The minimum absolute atomic E-state index is 0.0268. The van der Waals surface area contributed by atoms with Crippen molar-refractivity contribution in [1.29, 1.82) is 0 Å². The second kappa shape index (κ2) is 7.05. The number of hydrogen-bond donors (Lipinski definition) is 2. The predicted octanol–water partition coefficient (Wildman–Crippen LogP) is 3.42. The van der Waals surface area contributed by atoms with E-state index in [4.69, 9.17) is 4.74 Å². The van der Waals surface area contributed by atoms with Gasteiger partial charge in [0.1, 0.15) is 5.75 Å². The highest BCUT2D eigenvalue weighted by Gasteiger charge is 2.29. The van der Waals surface area contributed by atoms with Crippen molar-refractivity contribution in [3.05, 3.63) is 58.6 Å². The number of ether oxygens (including phenoxy) is 1. The summed E-state index contributed by atoms with van der Waals surface area (Å²) in [6.07, 6.45) is -0.849. The van der Waals surface area contributed by atoms with Crippen LogP contribution in [0, 0.1) is 0 Å². The molecule has 5 nitrogen and oxygen atoms in total. The van der Waals surface area contributed by atoms with Crippen LogP contribution in [0.25, 0.3) is 0 Å². The quantitative estimate of drug-likeness (QED) is 0.842. The molecule has 6 heteroatoms. The van der Waals surface area contributed by atoms with E-state index >= 15 is 0 Å². The lowest BCUT2D eigenvalue weighted by atomic mass is 10.1. The van der Waals surface area contributed by atoms with E-state index in [1.807, 2.05) is 43.3 Å². The van der Waals surface area contributed by atoms with Gasteiger partial charge in [-0.1, -0.05) is 40.2 Å². The normalized spacial score (nSPS) is 17.2. The zero-order valence-corrected chi connectivity index (χ0v) is 14.7. The molecule has 2 aromatic carbocycles. The first-order chi connectivity index (χ1) is 11.5. The molecular formula is C18H17BrN2O3. The van der Waals surface area contributed by atoms with E-state index in [1.165, 1.54) is 0 Å². The molecule has 2 N–H and O–H groups in total. The molecule has 0 saturated heterocycles. The standard InChI is InChI=1S/C18H17BrN2O3/c1-11(12-6-8-13(19)9-7-12)20-17(22)10-16-18(23)21-14-4-2-3-5-15(14)24-16/h2-9,11,16H,10H2,1H3,(H,20,22)(H,21,23)/t11-,16-/m0/s1. The smallest absolute Gasteiger partial charge is 0.266 e. The number of para-hydroxylation sites is 2. The third kappa shape index (κ3) is 3.76. The summed E-state index contributed by atoms with van der Waals surface area (Å²) in [7, 11) is 0. The molecular weight excluding hydrogens is 372 g/mol. The lowest BCUT2D eigenvalue weighted by Gasteiger charge is -2.25. The van der Waals surface area contributed by atoms with Crippen molar-refractivity contribution in [1.82, 2.24) is 5.32 Å². The number of carbonyl (C=O) groups excluding carboxylic acids is 2. The summed E-state index contributed by atoms with van der Waals surface area (Å²) in [5.74, 6) is 0.0425.